The molecule has 0 spiro atoms. The first-order valence-electron chi connectivity index (χ1n) is 9.66. The Labute approximate surface area is 183 Å². The van der Waals surface area contributed by atoms with Crippen LogP contribution in [0.3, 0.4) is 0 Å². The SMILES string of the molecule is CC(C)(C(=O)Nc1ccc(-c2cccnc2)cc1F)c1csc(NS(=O)(=O)C2CC2)n1. The van der Waals surface area contributed by atoms with Gasteiger partial charge in [-0.05, 0) is 50.5 Å². The van der Waals surface area contributed by atoms with Crippen LogP contribution in [0, 0.1) is 5.82 Å². The van der Waals surface area contributed by atoms with E-state index in [2.05, 4.69) is 20.0 Å². The predicted octanol–water partition coefficient (Wildman–Crippen LogP) is 4.16. The summed E-state index contributed by atoms with van der Waals surface area (Å²) in [6.45, 7) is 3.30. The highest BCUT2D eigenvalue weighted by Crippen LogP contribution is 2.33. The van der Waals surface area contributed by atoms with E-state index in [1.54, 1.807) is 43.8 Å². The van der Waals surface area contributed by atoms with Crippen molar-refractivity contribution in [2.45, 2.75) is 37.4 Å². The molecule has 0 aliphatic heterocycles. The predicted molar refractivity (Wildman–Crippen MR) is 119 cm³/mol. The third-order valence-electron chi connectivity index (χ3n) is 5.12. The second-order valence-corrected chi connectivity index (χ2v) is 10.7. The first kappa shape index (κ1) is 21.4. The minimum atomic E-state index is -3.43. The molecule has 1 fully saturated rings. The molecule has 10 heteroatoms. The zero-order valence-electron chi connectivity index (χ0n) is 16.9. The van der Waals surface area contributed by atoms with Crippen molar-refractivity contribution in [1.29, 1.82) is 0 Å². The van der Waals surface area contributed by atoms with Gasteiger partial charge in [0.1, 0.15) is 5.82 Å². The first-order chi connectivity index (χ1) is 14.7. The zero-order chi connectivity index (χ0) is 22.2. The van der Waals surface area contributed by atoms with E-state index in [1.165, 1.54) is 12.1 Å². The molecule has 2 heterocycles. The van der Waals surface area contributed by atoms with Gasteiger partial charge in [-0.1, -0.05) is 12.1 Å². The Balaban J connectivity index is 1.49. The number of amides is 1. The molecule has 0 bridgehead atoms. The Hall–Kier alpha value is -2.85. The van der Waals surface area contributed by atoms with E-state index in [0.29, 0.717) is 24.1 Å². The molecule has 31 heavy (non-hydrogen) atoms. The lowest BCUT2D eigenvalue weighted by Crippen LogP contribution is -2.35. The number of hydrogen-bond donors (Lipinski definition) is 2. The van der Waals surface area contributed by atoms with Crippen molar-refractivity contribution in [1.82, 2.24) is 9.97 Å². The molecule has 1 saturated carbocycles. The molecule has 1 aliphatic rings. The number of carbonyl (C=O) groups is 1. The first-order valence-corrected chi connectivity index (χ1v) is 12.1. The Kier molecular flexibility index (Phi) is 5.52. The number of benzene rings is 1. The van der Waals surface area contributed by atoms with Crippen LogP contribution in [0.5, 0.6) is 0 Å². The highest BCUT2D eigenvalue weighted by molar-refractivity contribution is 7.93. The maximum Gasteiger partial charge on any atom is 0.237 e. The summed E-state index contributed by atoms with van der Waals surface area (Å²) in [6.07, 6.45) is 4.56. The minimum absolute atomic E-state index is 0.0515. The van der Waals surface area contributed by atoms with Crippen molar-refractivity contribution >= 4 is 38.1 Å². The summed E-state index contributed by atoms with van der Waals surface area (Å²) in [7, 11) is -3.43. The van der Waals surface area contributed by atoms with Gasteiger partial charge >= 0.3 is 0 Å². The highest BCUT2D eigenvalue weighted by Gasteiger charge is 2.37. The summed E-state index contributed by atoms with van der Waals surface area (Å²) >= 11 is 1.11. The van der Waals surface area contributed by atoms with Crippen LogP contribution in [0.1, 0.15) is 32.4 Å². The molecule has 3 aromatic rings. The van der Waals surface area contributed by atoms with Crippen LogP contribution in [0.15, 0.2) is 48.1 Å². The van der Waals surface area contributed by atoms with Gasteiger partial charge in [0.25, 0.3) is 0 Å². The Morgan fingerprint density at radius 3 is 2.65 bits per heavy atom. The second kappa shape index (κ2) is 8.01. The number of hydrogen-bond acceptors (Lipinski definition) is 6. The monoisotopic (exact) mass is 460 g/mol. The number of anilines is 2. The second-order valence-electron chi connectivity index (χ2n) is 7.90. The number of aromatic nitrogens is 2. The van der Waals surface area contributed by atoms with E-state index < -0.39 is 27.2 Å². The molecule has 2 aromatic heterocycles. The molecule has 0 atom stereocenters. The van der Waals surface area contributed by atoms with Crippen molar-refractivity contribution in [2.24, 2.45) is 0 Å². The Morgan fingerprint density at radius 1 is 1.23 bits per heavy atom. The molecule has 1 aromatic carbocycles. The van der Waals surface area contributed by atoms with Crippen molar-refractivity contribution in [3.8, 4) is 11.1 Å². The molecule has 0 unspecified atom stereocenters. The number of nitrogens with zero attached hydrogens (tertiary/aromatic N) is 2. The number of pyridine rings is 1. The largest absolute Gasteiger partial charge is 0.323 e. The summed E-state index contributed by atoms with van der Waals surface area (Å²) in [4.78, 5) is 21.2. The van der Waals surface area contributed by atoms with Gasteiger partial charge < -0.3 is 5.32 Å². The molecule has 0 radical (unpaired) electrons. The topological polar surface area (TPSA) is 101 Å². The van der Waals surface area contributed by atoms with Crippen LogP contribution in [0.25, 0.3) is 11.1 Å². The summed E-state index contributed by atoms with van der Waals surface area (Å²) in [5.41, 5.74) is 0.763. The number of carbonyl (C=O) groups excluding carboxylic acids is 1. The van der Waals surface area contributed by atoms with Gasteiger partial charge in [0.05, 0.1) is 22.0 Å². The van der Waals surface area contributed by atoms with Crippen LogP contribution in [-0.2, 0) is 20.2 Å². The highest BCUT2D eigenvalue weighted by atomic mass is 32.2. The van der Waals surface area contributed by atoms with Gasteiger partial charge in [-0.3, -0.25) is 14.5 Å². The fraction of sp³-hybridized carbons (Fsp3) is 0.286. The molecular weight excluding hydrogens is 439 g/mol. The normalized spacial score (nSPS) is 14.3. The third-order valence-corrected chi connectivity index (χ3v) is 7.83. The average molecular weight is 461 g/mol. The van der Waals surface area contributed by atoms with Gasteiger partial charge in [0, 0.05) is 23.3 Å². The van der Waals surface area contributed by atoms with Crippen LogP contribution in [0.4, 0.5) is 15.2 Å². The number of halogens is 1. The molecule has 0 saturated heterocycles. The Bertz CT molecular complexity index is 1220. The van der Waals surface area contributed by atoms with Crippen LogP contribution in [-0.4, -0.2) is 29.5 Å². The lowest BCUT2D eigenvalue weighted by Gasteiger charge is -2.22. The summed E-state index contributed by atoms with van der Waals surface area (Å²) < 4.78 is 41.3. The molecule has 2 N–H and O–H groups in total. The number of sulfonamides is 1. The van der Waals surface area contributed by atoms with Gasteiger partial charge in [-0.2, -0.15) is 0 Å². The number of thiazole rings is 1. The standard InChI is InChI=1S/C21H21FN4O3S2/c1-21(2,18-12-30-20(25-18)26-31(28,29)15-6-7-15)19(27)24-17-8-5-13(10-16(17)22)14-4-3-9-23-11-14/h3-5,8-12,15H,6-7H2,1-2H3,(H,24,27)(H,25,26). The molecule has 4 rings (SSSR count). The van der Waals surface area contributed by atoms with E-state index >= 15 is 0 Å². The third kappa shape index (κ3) is 4.59. The zero-order valence-corrected chi connectivity index (χ0v) is 18.6. The quantitative estimate of drug-likeness (QED) is 0.551. The van der Waals surface area contributed by atoms with Gasteiger partial charge in [-0.15, -0.1) is 11.3 Å². The van der Waals surface area contributed by atoms with Crippen LogP contribution >= 0.6 is 11.3 Å². The molecule has 1 amide bonds. The Morgan fingerprint density at radius 2 is 2.00 bits per heavy atom. The molecule has 1 aliphatic carbocycles. The van der Waals surface area contributed by atoms with Crippen molar-refractivity contribution in [3.05, 3.63) is 59.6 Å². The van der Waals surface area contributed by atoms with Gasteiger partial charge in [-0.25, -0.2) is 17.8 Å². The lowest BCUT2D eigenvalue weighted by molar-refractivity contribution is -0.120. The summed E-state index contributed by atoms with van der Waals surface area (Å²) in [5, 5.41) is 4.09. The molecule has 162 valence electrons. The van der Waals surface area contributed by atoms with E-state index in [-0.39, 0.29) is 16.1 Å². The fourth-order valence-corrected chi connectivity index (χ4v) is 5.39. The number of nitrogens with one attached hydrogen (secondary N) is 2. The van der Waals surface area contributed by atoms with E-state index in [1.807, 2.05) is 6.07 Å². The van der Waals surface area contributed by atoms with Crippen molar-refractivity contribution in [2.75, 3.05) is 10.0 Å². The van der Waals surface area contributed by atoms with Crippen molar-refractivity contribution in [3.63, 3.8) is 0 Å². The maximum absolute atomic E-state index is 14.6. The molecular formula is C21H21FN4O3S2. The number of rotatable bonds is 7. The minimum Gasteiger partial charge on any atom is -0.323 e. The molecule has 7 nitrogen and oxygen atoms in total. The van der Waals surface area contributed by atoms with Crippen molar-refractivity contribution < 1.29 is 17.6 Å². The smallest absolute Gasteiger partial charge is 0.237 e. The van der Waals surface area contributed by atoms with E-state index in [0.717, 1.165) is 16.9 Å². The van der Waals surface area contributed by atoms with Gasteiger partial charge in [0.15, 0.2) is 5.13 Å². The fourth-order valence-electron chi connectivity index (χ4n) is 2.92. The maximum atomic E-state index is 14.6. The van der Waals surface area contributed by atoms with E-state index in [9.17, 15) is 17.6 Å². The van der Waals surface area contributed by atoms with Gasteiger partial charge in [0.2, 0.25) is 15.9 Å². The van der Waals surface area contributed by atoms with Crippen LogP contribution < -0.4 is 10.0 Å². The van der Waals surface area contributed by atoms with E-state index in [4.69, 9.17) is 0 Å². The summed E-state index contributed by atoms with van der Waals surface area (Å²) in [6, 6.07) is 8.13. The average Bonchev–Trinajstić information content (AvgIpc) is 3.50. The lowest BCUT2D eigenvalue weighted by atomic mass is 9.89. The summed E-state index contributed by atoms with van der Waals surface area (Å²) in [5.74, 6) is -1.02. The van der Waals surface area contributed by atoms with Crippen LogP contribution in [0.2, 0.25) is 0 Å².